The van der Waals surface area contributed by atoms with Crippen molar-refractivity contribution in [2.75, 3.05) is 5.32 Å². The predicted octanol–water partition coefficient (Wildman–Crippen LogP) is 4.80. The number of anilines is 1. The van der Waals surface area contributed by atoms with Crippen molar-refractivity contribution in [3.63, 3.8) is 0 Å². The highest BCUT2D eigenvalue weighted by Gasteiger charge is 2.21. The second kappa shape index (κ2) is 8.21. The number of amides is 1. The summed E-state index contributed by atoms with van der Waals surface area (Å²) in [5.41, 5.74) is 3.04. The van der Waals surface area contributed by atoms with E-state index in [1.54, 1.807) is 19.1 Å². The molecule has 27 heavy (non-hydrogen) atoms. The minimum Gasteiger partial charge on any atom is -0.506 e. The van der Waals surface area contributed by atoms with Crippen molar-refractivity contribution >= 4 is 34.0 Å². The number of hydrogen-bond acceptors (Lipinski definition) is 5. The summed E-state index contributed by atoms with van der Waals surface area (Å²) in [6, 6.07) is 15.0. The van der Waals surface area contributed by atoms with Gasteiger partial charge in [-0.25, -0.2) is 4.98 Å². The van der Waals surface area contributed by atoms with Gasteiger partial charge in [0.1, 0.15) is 11.7 Å². The molecule has 0 aliphatic heterocycles. The number of aromatic nitrogens is 1. The van der Waals surface area contributed by atoms with Crippen LogP contribution in [0.3, 0.4) is 0 Å². The third kappa shape index (κ3) is 4.45. The lowest BCUT2D eigenvalue weighted by molar-refractivity contribution is -0.118. The number of carbonyl (C=O) groups excluding carboxylic acids is 1. The monoisotopic (exact) mass is 397 g/mol. The van der Waals surface area contributed by atoms with E-state index < -0.39 is 11.8 Å². The fourth-order valence-corrected chi connectivity index (χ4v) is 3.64. The summed E-state index contributed by atoms with van der Waals surface area (Å²) in [5.74, 6) is -1.31. The van der Waals surface area contributed by atoms with Gasteiger partial charge in [-0.2, -0.15) is 5.26 Å². The zero-order chi connectivity index (χ0) is 19.4. The largest absolute Gasteiger partial charge is 0.506 e. The number of aryl methyl sites for hydroxylation is 1. The van der Waals surface area contributed by atoms with Crippen LogP contribution >= 0.6 is 22.9 Å². The molecular formula is C20H16ClN3O2S. The van der Waals surface area contributed by atoms with Crippen molar-refractivity contribution in [3.8, 4) is 23.1 Å². The maximum absolute atomic E-state index is 12.5. The molecule has 3 rings (SSSR count). The topological polar surface area (TPSA) is 86.0 Å². The van der Waals surface area contributed by atoms with Gasteiger partial charge in [0.05, 0.1) is 16.8 Å². The molecule has 2 N–H and O–H groups in total. The molecule has 136 valence electrons. The number of rotatable bonds is 5. The van der Waals surface area contributed by atoms with E-state index in [1.807, 2.05) is 41.8 Å². The SMILES string of the molecule is Cc1cc(CC(C#N)C(=O)Nc2nc(-c3ccccc3)cs2)cc(Cl)c1O. The van der Waals surface area contributed by atoms with Crippen LogP contribution in [0.2, 0.25) is 5.02 Å². The Hall–Kier alpha value is -2.88. The van der Waals surface area contributed by atoms with Crippen LogP contribution in [0.5, 0.6) is 5.75 Å². The summed E-state index contributed by atoms with van der Waals surface area (Å²) in [6.07, 6.45) is 0.195. The molecule has 3 aromatic rings. The minimum atomic E-state index is -0.894. The van der Waals surface area contributed by atoms with Crippen LogP contribution in [0.1, 0.15) is 11.1 Å². The van der Waals surface area contributed by atoms with Gasteiger partial charge in [-0.05, 0) is 30.5 Å². The normalized spacial score (nSPS) is 11.6. The molecule has 0 spiro atoms. The number of aromatic hydroxyl groups is 1. The molecule has 1 aromatic heterocycles. The summed E-state index contributed by atoms with van der Waals surface area (Å²) in [4.78, 5) is 16.9. The third-order valence-corrected chi connectivity index (χ3v) is 5.08. The molecule has 1 heterocycles. The average Bonchev–Trinajstić information content (AvgIpc) is 3.13. The van der Waals surface area contributed by atoms with Crippen molar-refractivity contribution in [2.24, 2.45) is 5.92 Å². The van der Waals surface area contributed by atoms with Gasteiger partial charge >= 0.3 is 0 Å². The molecule has 0 saturated heterocycles. The maximum Gasteiger partial charge on any atom is 0.243 e. The second-order valence-corrected chi connectivity index (χ2v) is 7.29. The quantitative estimate of drug-likeness (QED) is 0.647. The zero-order valence-electron chi connectivity index (χ0n) is 14.4. The number of nitrogens with one attached hydrogen (secondary N) is 1. The number of carbonyl (C=O) groups is 1. The van der Waals surface area contributed by atoms with Gasteiger partial charge in [0, 0.05) is 10.9 Å². The Labute approximate surface area is 165 Å². The van der Waals surface area contributed by atoms with E-state index in [9.17, 15) is 15.2 Å². The van der Waals surface area contributed by atoms with Crippen molar-refractivity contribution in [1.82, 2.24) is 4.98 Å². The number of phenolic OH excluding ortho intramolecular Hbond substituents is 1. The molecule has 1 atom stereocenters. The second-order valence-electron chi connectivity index (χ2n) is 6.02. The fraction of sp³-hybridized carbons (Fsp3) is 0.150. The van der Waals surface area contributed by atoms with Crippen molar-refractivity contribution in [2.45, 2.75) is 13.3 Å². The van der Waals surface area contributed by atoms with Gasteiger partial charge in [-0.1, -0.05) is 48.0 Å². The van der Waals surface area contributed by atoms with E-state index in [2.05, 4.69) is 10.3 Å². The first kappa shape index (κ1) is 18.9. The number of nitriles is 1. The molecule has 0 aliphatic carbocycles. The van der Waals surface area contributed by atoms with Crippen molar-refractivity contribution in [1.29, 1.82) is 5.26 Å². The first-order valence-corrected chi connectivity index (χ1v) is 9.43. The number of hydrogen-bond donors (Lipinski definition) is 2. The van der Waals surface area contributed by atoms with Gasteiger partial charge in [0.25, 0.3) is 0 Å². The van der Waals surface area contributed by atoms with Crippen molar-refractivity contribution in [3.05, 3.63) is 64.0 Å². The molecular weight excluding hydrogens is 382 g/mol. The molecule has 0 radical (unpaired) electrons. The lowest BCUT2D eigenvalue weighted by Crippen LogP contribution is -2.23. The summed E-state index contributed by atoms with van der Waals surface area (Å²) < 4.78 is 0. The Bertz CT molecular complexity index is 989. The average molecular weight is 398 g/mol. The Kier molecular flexibility index (Phi) is 5.75. The Morgan fingerprint density at radius 2 is 2.11 bits per heavy atom. The summed E-state index contributed by atoms with van der Waals surface area (Å²) >= 11 is 7.28. The molecule has 7 heteroatoms. The van der Waals surface area contributed by atoms with E-state index in [1.165, 1.54) is 11.3 Å². The van der Waals surface area contributed by atoms with E-state index in [-0.39, 0.29) is 17.2 Å². The highest BCUT2D eigenvalue weighted by Crippen LogP contribution is 2.30. The number of nitrogens with zero attached hydrogens (tertiary/aromatic N) is 2. The lowest BCUT2D eigenvalue weighted by Gasteiger charge is -2.11. The predicted molar refractivity (Wildman–Crippen MR) is 107 cm³/mol. The van der Waals surface area contributed by atoms with Gasteiger partial charge < -0.3 is 10.4 Å². The van der Waals surface area contributed by atoms with E-state index in [4.69, 9.17) is 11.6 Å². The van der Waals surface area contributed by atoms with Crippen LogP contribution in [-0.2, 0) is 11.2 Å². The standard InChI is InChI=1S/C20H16ClN3O2S/c1-12-7-13(9-16(21)18(12)25)8-15(10-22)19(26)24-20-23-17(11-27-20)14-5-3-2-4-6-14/h2-7,9,11,15,25H,8H2,1H3,(H,23,24,26). The summed E-state index contributed by atoms with van der Waals surface area (Å²) in [5, 5.41) is 24.4. The van der Waals surface area contributed by atoms with Gasteiger partial charge in [-0.3, -0.25) is 4.79 Å². The van der Waals surface area contributed by atoms with Crippen LogP contribution in [0.25, 0.3) is 11.3 Å². The van der Waals surface area contributed by atoms with Crippen molar-refractivity contribution < 1.29 is 9.90 Å². The Morgan fingerprint density at radius 3 is 2.78 bits per heavy atom. The highest BCUT2D eigenvalue weighted by atomic mass is 35.5. The smallest absolute Gasteiger partial charge is 0.243 e. The molecule has 5 nitrogen and oxygen atoms in total. The Balaban J connectivity index is 1.71. The van der Waals surface area contributed by atoms with E-state index >= 15 is 0 Å². The maximum atomic E-state index is 12.5. The van der Waals surface area contributed by atoms with Gasteiger partial charge in [-0.15, -0.1) is 11.3 Å². The summed E-state index contributed by atoms with van der Waals surface area (Å²) in [7, 11) is 0. The molecule has 0 aliphatic rings. The zero-order valence-corrected chi connectivity index (χ0v) is 16.0. The van der Waals surface area contributed by atoms with Crippen LogP contribution in [-0.4, -0.2) is 16.0 Å². The Morgan fingerprint density at radius 1 is 1.37 bits per heavy atom. The number of thiazole rings is 1. The molecule has 2 aromatic carbocycles. The van der Waals surface area contributed by atoms with Crippen LogP contribution in [0.15, 0.2) is 47.8 Å². The van der Waals surface area contributed by atoms with Gasteiger partial charge in [0.2, 0.25) is 5.91 Å². The molecule has 1 amide bonds. The number of phenols is 1. The summed E-state index contributed by atoms with van der Waals surface area (Å²) in [6.45, 7) is 1.72. The number of halogens is 1. The lowest BCUT2D eigenvalue weighted by atomic mass is 9.98. The highest BCUT2D eigenvalue weighted by molar-refractivity contribution is 7.14. The molecule has 0 fully saturated rings. The van der Waals surface area contributed by atoms with Gasteiger partial charge in [0.15, 0.2) is 5.13 Å². The minimum absolute atomic E-state index is 0.00889. The third-order valence-electron chi connectivity index (χ3n) is 4.03. The van der Waals surface area contributed by atoms with Crippen LogP contribution in [0.4, 0.5) is 5.13 Å². The molecule has 1 unspecified atom stereocenters. The van der Waals surface area contributed by atoms with E-state index in [0.717, 1.165) is 11.3 Å². The first-order valence-electron chi connectivity index (χ1n) is 8.17. The van der Waals surface area contributed by atoms with Crippen LogP contribution < -0.4 is 5.32 Å². The first-order chi connectivity index (χ1) is 13.0. The number of benzene rings is 2. The molecule has 0 bridgehead atoms. The van der Waals surface area contributed by atoms with E-state index in [0.29, 0.717) is 16.3 Å². The van der Waals surface area contributed by atoms with Crippen LogP contribution in [0, 0.1) is 24.2 Å². The molecule has 0 saturated carbocycles. The fourth-order valence-electron chi connectivity index (χ4n) is 2.62.